The van der Waals surface area contributed by atoms with Crippen molar-refractivity contribution >= 4 is 22.5 Å². The van der Waals surface area contributed by atoms with Crippen LogP contribution in [0.4, 0.5) is 0 Å². The van der Waals surface area contributed by atoms with E-state index in [-0.39, 0.29) is 5.91 Å². The van der Waals surface area contributed by atoms with Crippen LogP contribution in [0.15, 0.2) is 42.6 Å². The SMILES string of the molecule is COc1cc2cc(C(=O)NCCc3nnc4ccccn34)[nH]c2cc1OC. The molecule has 0 unspecified atom stereocenters. The summed E-state index contributed by atoms with van der Waals surface area (Å²) < 4.78 is 12.5. The highest BCUT2D eigenvalue weighted by Gasteiger charge is 2.13. The molecule has 0 spiro atoms. The molecule has 0 saturated heterocycles. The van der Waals surface area contributed by atoms with Gasteiger partial charge in [-0.25, -0.2) is 0 Å². The van der Waals surface area contributed by atoms with Crippen LogP contribution in [0.2, 0.25) is 0 Å². The minimum Gasteiger partial charge on any atom is -0.493 e. The van der Waals surface area contributed by atoms with Gasteiger partial charge in [0.05, 0.1) is 14.2 Å². The van der Waals surface area contributed by atoms with Crippen LogP contribution in [0.3, 0.4) is 0 Å². The molecule has 0 aliphatic carbocycles. The van der Waals surface area contributed by atoms with Crippen LogP contribution in [-0.4, -0.2) is 46.3 Å². The number of nitrogens with one attached hydrogen (secondary N) is 2. The number of nitrogens with zero attached hydrogens (tertiary/aromatic N) is 3. The molecule has 0 atom stereocenters. The number of aromatic nitrogens is 4. The number of amides is 1. The van der Waals surface area contributed by atoms with E-state index in [1.54, 1.807) is 20.3 Å². The third-order valence-electron chi connectivity index (χ3n) is 4.39. The monoisotopic (exact) mass is 365 g/mol. The molecule has 1 amide bonds. The van der Waals surface area contributed by atoms with Gasteiger partial charge in [-0.1, -0.05) is 6.07 Å². The van der Waals surface area contributed by atoms with Gasteiger partial charge in [0.2, 0.25) is 0 Å². The molecule has 0 saturated carbocycles. The molecule has 3 aromatic heterocycles. The van der Waals surface area contributed by atoms with E-state index in [0.717, 1.165) is 22.4 Å². The van der Waals surface area contributed by atoms with E-state index in [1.165, 1.54) is 0 Å². The number of ether oxygens (including phenoxy) is 2. The first kappa shape index (κ1) is 16.9. The molecule has 4 rings (SSSR count). The average Bonchev–Trinajstić information content (AvgIpc) is 3.30. The molecule has 8 nitrogen and oxygen atoms in total. The summed E-state index contributed by atoms with van der Waals surface area (Å²) >= 11 is 0. The van der Waals surface area contributed by atoms with E-state index in [0.29, 0.717) is 30.2 Å². The van der Waals surface area contributed by atoms with Crippen LogP contribution >= 0.6 is 0 Å². The van der Waals surface area contributed by atoms with E-state index in [2.05, 4.69) is 20.5 Å². The van der Waals surface area contributed by atoms with Crippen LogP contribution in [0.25, 0.3) is 16.6 Å². The zero-order valence-corrected chi connectivity index (χ0v) is 15.0. The number of benzene rings is 1. The van der Waals surface area contributed by atoms with Crippen molar-refractivity contribution in [2.75, 3.05) is 20.8 Å². The average molecular weight is 365 g/mol. The summed E-state index contributed by atoms with van der Waals surface area (Å²) in [6, 6.07) is 11.2. The number of rotatable bonds is 6. The molecule has 27 heavy (non-hydrogen) atoms. The van der Waals surface area contributed by atoms with Gasteiger partial charge in [0.15, 0.2) is 17.1 Å². The lowest BCUT2D eigenvalue weighted by atomic mass is 10.2. The zero-order chi connectivity index (χ0) is 18.8. The Morgan fingerprint density at radius 2 is 1.96 bits per heavy atom. The lowest BCUT2D eigenvalue weighted by Gasteiger charge is -2.06. The van der Waals surface area contributed by atoms with Crippen LogP contribution in [0.5, 0.6) is 11.5 Å². The van der Waals surface area contributed by atoms with Crippen molar-refractivity contribution in [3.05, 3.63) is 54.1 Å². The predicted octanol–water partition coefficient (Wildman–Crippen LogP) is 2.20. The third kappa shape index (κ3) is 3.17. The van der Waals surface area contributed by atoms with Crippen LogP contribution in [-0.2, 0) is 6.42 Å². The fourth-order valence-corrected chi connectivity index (χ4v) is 3.03. The Bertz CT molecular complexity index is 1070. The lowest BCUT2D eigenvalue weighted by molar-refractivity contribution is 0.0950. The van der Waals surface area contributed by atoms with E-state index in [9.17, 15) is 4.79 Å². The number of aromatic amines is 1. The summed E-state index contributed by atoms with van der Waals surface area (Å²) in [6.07, 6.45) is 2.49. The molecule has 0 fully saturated rings. The highest BCUT2D eigenvalue weighted by molar-refractivity contribution is 5.98. The van der Waals surface area contributed by atoms with E-state index in [1.807, 2.05) is 40.9 Å². The molecular formula is C19H19N5O3. The number of hydrogen-bond acceptors (Lipinski definition) is 5. The van der Waals surface area contributed by atoms with Crippen LogP contribution < -0.4 is 14.8 Å². The lowest BCUT2D eigenvalue weighted by Crippen LogP contribution is -2.26. The first-order valence-electron chi connectivity index (χ1n) is 8.51. The molecule has 0 aliphatic heterocycles. The predicted molar refractivity (Wildman–Crippen MR) is 100 cm³/mol. The fraction of sp³-hybridized carbons (Fsp3) is 0.211. The fourth-order valence-electron chi connectivity index (χ4n) is 3.03. The Labute approximate surface area is 155 Å². The first-order chi connectivity index (χ1) is 13.2. The van der Waals surface area contributed by atoms with Gasteiger partial charge >= 0.3 is 0 Å². The Hall–Kier alpha value is -3.55. The first-order valence-corrected chi connectivity index (χ1v) is 8.51. The number of hydrogen-bond donors (Lipinski definition) is 2. The van der Waals surface area contributed by atoms with Gasteiger partial charge < -0.3 is 19.8 Å². The minimum atomic E-state index is -0.182. The molecule has 8 heteroatoms. The van der Waals surface area contributed by atoms with Gasteiger partial charge in [0, 0.05) is 36.1 Å². The Morgan fingerprint density at radius 3 is 2.78 bits per heavy atom. The topological polar surface area (TPSA) is 93.5 Å². The van der Waals surface area contributed by atoms with Crippen molar-refractivity contribution in [2.24, 2.45) is 0 Å². The van der Waals surface area contributed by atoms with E-state index in [4.69, 9.17) is 9.47 Å². The Kier molecular flexibility index (Phi) is 4.37. The molecule has 2 N–H and O–H groups in total. The minimum absolute atomic E-state index is 0.182. The molecule has 0 radical (unpaired) electrons. The summed E-state index contributed by atoms with van der Waals surface area (Å²) in [7, 11) is 3.16. The summed E-state index contributed by atoms with van der Waals surface area (Å²) in [6.45, 7) is 0.455. The van der Waals surface area contributed by atoms with Crippen molar-refractivity contribution in [1.29, 1.82) is 0 Å². The molecule has 138 valence electrons. The molecule has 4 aromatic rings. The smallest absolute Gasteiger partial charge is 0.267 e. The standard InChI is InChI=1S/C19H19N5O3/c1-26-15-10-12-9-14(21-13(12)11-16(15)27-2)19(25)20-7-6-18-23-22-17-5-3-4-8-24(17)18/h3-5,8-11,21H,6-7H2,1-2H3,(H,20,25). The van der Waals surface area contributed by atoms with Gasteiger partial charge in [-0.3, -0.25) is 9.20 Å². The van der Waals surface area contributed by atoms with E-state index >= 15 is 0 Å². The summed E-state index contributed by atoms with van der Waals surface area (Å²) in [5.41, 5.74) is 2.07. The Morgan fingerprint density at radius 1 is 1.15 bits per heavy atom. The van der Waals surface area contributed by atoms with Crippen molar-refractivity contribution in [3.8, 4) is 11.5 Å². The normalized spacial score (nSPS) is 11.0. The van der Waals surface area contributed by atoms with Crippen molar-refractivity contribution < 1.29 is 14.3 Å². The summed E-state index contributed by atoms with van der Waals surface area (Å²) in [4.78, 5) is 15.6. The maximum atomic E-state index is 12.5. The third-order valence-corrected chi connectivity index (χ3v) is 4.39. The molecule has 0 aliphatic rings. The largest absolute Gasteiger partial charge is 0.493 e. The van der Waals surface area contributed by atoms with Crippen LogP contribution in [0, 0.1) is 0 Å². The van der Waals surface area contributed by atoms with Crippen LogP contribution in [0.1, 0.15) is 16.3 Å². The summed E-state index contributed by atoms with van der Waals surface area (Å²) in [5.74, 6) is 1.85. The van der Waals surface area contributed by atoms with Gasteiger partial charge in [0.25, 0.3) is 5.91 Å². The number of fused-ring (bicyclic) bond motifs is 2. The van der Waals surface area contributed by atoms with Gasteiger partial charge in [-0.15, -0.1) is 10.2 Å². The van der Waals surface area contributed by atoms with Crippen molar-refractivity contribution in [1.82, 2.24) is 24.9 Å². The highest BCUT2D eigenvalue weighted by Crippen LogP contribution is 2.32. The Balaban J connectivity index is 1.46. The molecule has 3 heterocycles. The quantitative estimate of drug-likeness (QED) is 0.546. The zero-order valence-electron chi connectivity index (χ0n) is 15.0. The second kappa shape index (κ2) is 6.99. The van der Waals surface area contributed by atoms with Gasteiger partial charge in [-0.05, 0) is 24.3 Å². The van der Waals surface area contributed by atoms with Crippen molar-refractivity contribution in [2.45, 2.75) is 6.42 Å². The van der Waals surface area contributed by atoms with Crippen molar-refractivity contribution in [3.63, 3.8) is 0 Å². The van der Waals surface area contributed by atoms with Gasteiger partial charge in [-0.2, -0.15) is 0 Å². The second-order valence-electron chi connectivity index (χ2n) is 6.03. The highest BCUT2D eigenvalue weighted by atomic mass is 16.5. The molecular weight excluding hydrogens is 346 g/mol. The maximum Gasteiger partial charge on any atom is 0.267 e. The number of methoxy groups -OCH3 is 2. The maximum absolute atomic E-state index is 12.5. The molecule has 0 bridgehead atoms. The molecule has 1 aromatic carbocycles. The second-order valence-corrected chi connectivity index (χ2v) is 6.03. The summed E-state index contributed by atoms with van der Waals surface area (Å²) in [5, 5.41) is 12.1. The van der Waals surface area contributed by atoms with Gasteiger partial charge in [0.1, 0.15) is 11.5 Å². The number of pyridine rings is 1. The number of carbonyl (C=O) groups excluding carboxylic acids is 1. The number of carbonyl (C=O) groups is 1. The van der Waals surface area contributed by atoms with E-state index < -0.39 is 0 Å². The number of H-pyrrole nitrogens is 1.